The third kappa shape index (κ3) is 3.47. The van der Waals surface area contributed by atoms with Gasteiger partial charge in [0.2, 0.25) is 5.91 Å². The molecule has 1 heterocycles. The molecule has 1 fully saturated rings. The quantitative estimate of drug-likeness (QED) is 0.926. The zero-order valence-corrected chi connectivity index (χ0v) is 13.3. The normalized spacial score (nSPS) is 20.1. The minimum absolute atomic E-state index is 0.0854. The third-order valence-electron chi connectivity index (χ3n) is 3.68. The molecule has 2 atom stereocenters. The van der Waals surface area contributed by atoms with Crippen LogP contribution in [0.3, 0.4) is 0 Å². The maximum atomic E-state index is 12.2. The average molecular weight is 346 g/mol. The zero-order chi connectivity index (χ0) is 14.8. The van der Waals surface area contributed by atoms with E-state index in [4.69, 9.17) is 0 Å². The van der Waals surface area contributed by atoms with Crippen molar-refractivity contribution in [3.05, 3.63) is 58.1 Å². The number of nitrogens with zero attached hydrogens (tertiary/aromatic N) is 2. The number of hydrogen-bond acceptors (Lipinski definition) is 3. The van der Waals surface area contributed by atoms with Gasteiger partial charge in [0.1, 0.15) is 5.82 Å². The molecule has 21 heavy (non-hydrogen) atoms. The summed E-state index contributed by atoms with van der Waals surface area (Å²) in [5, 5.41) is 2.96. The molecular weight excluding hydrogens is 330 g/mol. The Bertz CT molecular complexity index is 674. The molecule has 0 saturated heterocycles. The summed E-state index contributed by atoms with van der Waals surface area (Å²) in [6, 6.07) is 10.0. The van der Waals surface area contributed by atoms with Crippen LogP contribution in [0.25, 0.3) is 0 Å². The summed E-state index contributed by atoms with van der Waals surface area (Å²) < 4.78 is 1.06. The van der Waals surface area contributed by atoms with Crippen LogP contribution in [0.1, 0.15) is 29.4 Å². The maximum absolute atomic E-state index is 12.2. The first-order valence-corrected chi connectivity index (χ1v) is 7.74. The third-order valence-corrected chi connectivity index (χ3v) is 4.17. The van der Waals surface area contributed by atoms with Gasteiger partial charge in [0.05, 0.1) is 12.2 Å². The number of amides is 1. The fraction of sp³-hybridized carbons (Fsp3) is 0.312. The van der Waals surface area contributed by atoms with E-state index in [9.17, 15) is 4.79 Å². The second-order valence-corrected chi connectivity index (χ2v) is 6.23. The van der Waals surface area contributed by atoms with Gasteiger partial charge in [-0.1, -0.05) is 28.1 Å². The van der Waals surface area contributed by atoms with Crippen molar-refractivity contribution < 1.29 is 4.79 Å². The van der Waals surface area contributed by atoms with Crippen molar-refractivity contribution in [1.29, 1.82) is 0 Å². The standard InChI is InChI=1S/C16H16BrN3O/c1-10-18-6-5-13(20-10)9-19-16(21)15-8-14(15)11-3-2-4-12(17)7-11/h2-7,14-15H,8-9H2,1H3,(H,19,21). The Kier molecular flexibility index (Phi) is 4.01. The van der Waals surface area contributed by atoms with E-state index in [2.05, 4.69) is 43.3 Å². The van der Waals surface area contributed by atoms with Gasteiger partial charge in [0.15, 0.2) is 0 Å². The maximum Gasteiger partial charge on any atom is 0.224 e. The fourth-order valence-corrected chi connectivity index (χ4v) is 2.92. The predicted octanol–water partition coefficient (Wildman–Crippen LogP) is 2.97. The predicted molar refractivity (Wildman–Crippen MR) is 83.6 cm³/mol. The molecule has 1 aromatic carbocycles. The summed E-state index contributed by atoms with van der Waals surface area (Å²) in [4.78, 5) is 20.5. The largest absolute Gasteiger partial charge is 0.350 e. The lowest BCUT2D eigenvalue weighted by Gasteiger charge is -2.05. The number of nitrogens with one attached hydrogen (secondary N) is 1. The highest BCUT2D eigenvalue weighted by Crippen LogP contribution is 2.47. The van der Waals surface area contributed by atoms with Crippen molar-refractivity contribution in [1.82, 2.24) is 15.3 Å². The van der Waals surface area contributed by atoms with Crippen molar-refractivity contribution >= 4 is 21.8 Å². The summed E-state index contributed by atoms with van der Waals surface area (Å²) in [5.41, 5.74) is 2.07. The molecule has 1 aromatic heterocycles. The highest BCUT2D eigenvalue weighted by molar-refractivity contribution is 9.10. The van der Waals surface area contributed by atoms with Crippen LogP contribution in [0, 0.1) is 12.8 Å². The lowest BCUT2D eigenvalue weighted by molar-refractivity contribution is -0.122. The molecule has 1 saturated carbocycles. The minimum atomic E-state index is 0.0854. The second kappa shape index (κ2) is 5.93. The minimum Gasteiger partial charge on any atom is -0.350 e. The molecule has 3 rings (SSSR count). The molecule has 4 nitrogen and oxygen atoms in total. The number of benzene rings is 1. The van der Waals surface area contributed by atoms with Gasteiger partial charge in [-0.2, -0.15) is 0 Å². The van der Waals surface area contributed by atoms with E-state index in [0.29, 0.717) is 12.5 Å². The van der Waals surface area contributed by atoms with Crippen LogP contribution < -0.4 is 5.32 Å². The summed E-state index contributed by atoms with van der Waals surface area (Å²) in [5.74, 6) is 1.26. The Morgan fingerprint density at radius 1 is 1.43 bits per heavy atom. The molecule has 0 aliphatic heterocycles. The second-order valence-electron chi connectivity index (χ2n) is 5.32. The smallest absolute Gasteiger partial charge is 0.224 e. The van der Waals surface area contributed by atoms with Crippen molar-refractivity contribution in [2.75, 3.05) is 0 Å². The van der Waals surface area contributed by atoms with Crippen molar-refractivity contribution in [3.63, 3.8) is 0 Å². The lowest BCUT2D eigenvalue weighted by atomic mass is 10.1. The number of halogens is 1. The Morgan fingerprint density at radius 3 is 3.05 bits per heavy atom. The van der Waals surface area contributed by atoms with E-state index in [1.807, 2.05) is 25.1 Å². The molecular formula is C16H16BrN3O. The molecule has 0 radical (unpaired) electrons. The number of carbonyl (C=O) groups is 1. The number of aromatic nitrogens is 2. The number of rotatable bonds is 4. The van der Waals surface area contributed by atoms with Gasteiger partial charge < -0.3 is 5.32 Å². The first kappa shape index (κ1) is 14.2. The molecule has 1 aliphatic carbocycles. The number of carbonyl (C=O) groups excluding carboxylic acids is 1. The summed E-state index contributed by atoms with van der Waals surface area (Å²) in [6.45, 7) is 2.30. The van der Waals surface area contributed by atoms with Crippen molar-refractivity contribution in [3.8, 4) is 0 Å². The van der Waals surface area contributed by atoms with Crippen molar-refractivity contribution in [2.24, 2.45) is 5.92 Å². The van der Waals surface area contributed by atoms with E-state index < -0.39 is 0 Å². The van der Waals surface area contributed by atoms with Crippen LogP contribution in [0.5, 0.6) is 0 Å². The SMILES string of the molecule is Cc1nccc(CNC(=O)C2CC2c2cccc(Br)c2)n1. The van der Waals surface area contributed by atoms with Gasteiger partial charge >= 0.3 is 0 Å². The van der Waals surface area contributed by atoms with Crippen LogP contribution >= 0.6 is 15.9 Å². The topological polar surface area (TPSA) is 54.9 Å². The average Bonchev–Trinajstić information content (AvgIpc) is 3.25. The molecule has 0 bridgehead atoms. The van der Waals surface area contributed by atoms with Gasteiger partial charge in [0.25, 0.3) is 0 Å². The molecule has 1 aliphatic rings. The Labute approximate surface area is 132 Å². The van der Waals surface area contributed by atoms with Crippen LogP contribution in [0.2, 0.25) is 0 Å². The van der Waals surface area contributed by atoms with Crippen LogP contribution in [-0.2, 0) is 11.3 Å². The number of hydrogen-bond donors (Lipinski definition) is 1. The monoisotopic (exact) mass is 345 g/mol. The van der Waals surface area contributed by atoms with Crippen molar-refractivity contribution in [2.45, 2.75) is 25.8 Å². The summed E-state index contributed by atoms with van der Waals surface area (Å²) in [6.07, 6.45) is 2.64. The number of aryl methyl sites for hydroxylation is 1. The highest BCUT2D eigenvalue weighted by atomic mass is 79.9. The summed E-state index contributed by atoms with van der Waals surface area (Å²) >= 11 is 3.47. The molecule has 2 aromatic rings. The zero-order valence-electron chi connectivity index (χ0n) is 11.7. The molecule has 5 heteroatoms. The van der Waals surface area contributed by atoms with E-state index in [-0.39, 0.29) is 11.8 Å². The van der Waals surface area contributed by atoms with Gasteiger partial charge in [-0.25, -0.2) is 9.97 Å². The Hall–Kier alpha value is -1.75. The molecule has 108 valence electrons. The van der Waals surface area contributed by atoms with Gasteiger partial charge in [-0.05, 0) is 43.0 Å². The van der Waals surface area contributed by atoms with Crippen LogP contribution in [0.15, 0.2) is 41.0 Å². The van der Waals surface area contributed by atoms with E-state index in [1.54, 1.807) is 6.20 Å². The lowest BCUT2D eigenvalue weighted by Crippen LogP contribution is -2.25. The van der Waals surface area contributed by atoms with E-state index in [1.165, 1.54) is 5.56 Å². The molecule has 1 amide bonds. The van der Waals surface area contributed by atoms with Gasteiger partial charge in [-0.15, -0.1) is 0 Å². The molecule has 0 spiro atoms. The van der Waals surface area contributed by atoms with E-state index >= 15 is 0 Å². The Balaban J connectivity index is 1.56. The highest BCUT2D eigenvalue weighted by Gasteiger charge is 2.43. The fourth-order valence-electron chi connectivity index (χ4n) is 2.50. The first-order chi connectivity index (χ1) is 10.1. The summed E-state index contributed by atoms with van der Waals surface area (Å²) in [7, 11) is 0. The van der Waals surface area contributed by atoms with Crippen LogP contribution in [-0.4, -0.2) is 15.9 Å². The van der Waals surface area contributed by atoms with Gasteiger partial charge in [-0.3, -0.25) is 4.79 Å². The molecule has 1 N–H and O–H groups in total. The van der Waals surface area contributed by atoms with Crippen LogP contribution in [0.4, 0.5) is 0 Å². The first-order valence-electron chi connectivity index (χ1n) is 6.95. The molecule has 2 unspecified atom stereocenters. The van der Waals surface area contributed by atoms with Gasteiger partial charge in [0, 0.05) is 16.6 Å². The van der Waals surface area contributed by atoms with E-state index in [0.717, 1.165) is 22.4 Å². The Morgan fingerprint density at radius 2 is 2.29 bits per heavy atom.